The molecule has 0 amide bonds. The monoisotopic (exact) mass is 1180 g/mol. The molecule has 2 aliphatic rings. The molecule has 3 heteroatoms. The number of nitrogens with zero attached hydrogens (tertiary/aromatic N) is 2. The Morgan fingerprint density at radius 2 is 0.560 bits per heavy atom. The molecule has 91 heavy (non-hydrogen) atoms. The molecule has 12 aromatic carbocycles. The molecule has 12 aromatic rings. The van der Waals surface area contributed by atoms with Gasteiger partial charge in [-0.1, -0.05) is 332 Å². The third-order valence-electron chi connectivity index (χ3n) is 19.1. The van der Waals surface area contributed by atoms with Crippen LogP contribution in [0, 0.1) is 0 Å². The SMILES string of the molecule is CC(C)(C)c1cccc(-c2ccc3c(c2)B2c4cc(-c5cccc(C(C)(C)C)c5)ccc4N(c4c(-c5ccccc5)cccc4-c4ccccc4)c4cc(-c5ccc(C(C)(C)C)cc5C(C)(C)C)cc(c42)N3c2c(-c3ccccc3)cccc2-c2ccccc2)c1. The van der Waals surface area contributed by atoms with Crippen LogP contribution >= 0.6 is 0 Å². The van der Waals surface area contributed by atoms with Crippen molar-refractivity contribution in [2.75, 3.05) is 9.80 Å². The second-order valence-electron chi connectivity index (χ2n) is 29.4. The van der Waals surface area contributed by atoms with Crippen LogP contribution in [0.4, 0.5) is 34.1 Å². The zero-order valence-corrected chi connectivity index (χ0v) is 55.0. The topological polar surface area (TPSA) is 6.48 Å². The van der Waals surface area contributed by atoms with Crippen LogP contribution in [-0.2, 0) is 21.7 Å². The molecule has 0 unspecified atom stereocenters. The van der Waals surface area contributed by atoms with Gasteiger partial charge in [0.25, 0.3) is 6.71 Å². The summed E-state index contributed by atoms with van der Waals surface area (Å²) >= 11 is 0. The van der Waals surface area contributed by atoms with Gasteiger partial charge in [0.05, 0.1) is 11.4 Å². The molecule has 0 radical (unpaired) electrons. The van der Waals surface area contributed by atoms with Gasteiger partial charge in [-0.2, -0.15) is 0 Å². The molecule has 2 aliphatic heterocycles. The Morgan fingerprint density at radius 1 is 0.231 bits per heavy atom. The lowest BCUT2D eigenvalue weighted by Crippen LogP contribution is -2.61. The van der Waals surface area contributed by atoms with E-state index in [0.717, 1.165) is 78.6 Å². The van der Waals surface area contributed by atoms with Crippen molar-refractivity contribution < 1.29 is 0 Å². The number of fused-ring (bicyclic) bond motifs is 4. The summed E-state index contributed by atoms with van der Waals surface area (Å²) in [7, 11) is 0. The standard InChI is InChI=1S/C88H81BN2/c1-85(2,3)67-39-25-37-62(51-67)64-45-49-78-76(53-64)89-77-54-65(63-38-26-40-68(52-63)86(4,5)6)46-50-79(77)91(84-73(60-33-21-15-22-34-60)43-28-44-74(84)61-35-23-16-24-36-61)81-56-66(70-48-47-69(87(7,8)9)57-75(70)88(10,11)12)55-80(82(81)89)90(78)83-71(58-29-17-13-18-30-58)41-27-42-72(83)59-31-19-14-20-32-59/h13-57H,1-12H3. The third kappa shape index (κ3) is 10.8. The zero-order chi connectivity index (χ0) is 63.1. The Labute approximate surface area is 541 Å². The maximum absolute atomic E-state index is 2.69. The van der Waals surface area contributed by atoms with Gasteiger partial charge in [0, 0.05) is 45.0 Å². The van der Waals surface area contributed by atoms with Crippen LogP contribution in [0.5, 0.6) is 0 Å². The summed E-state index contributed by atoms with van der Waals surface area (Å²) in [5.74, 6) is 0. The highest BCUT2D eigenvalue weighted by molar-refractivity contribution is 7.00. The Bertz CT molecular complexity index is 4350. The van der Waals surface area contributed by atoms with Gasteiger partial charge in [0.2, 0.25) is 0 Å². The van der Waals surface area contributed by atoms with Crippen molar-refractivity contribution in [3.05, 3.63) is 295 Å². The van der Waals surface area contributed by atoms with E-state index in [1.807, 2.05) is 0 Å². The molecule has 14 rings (SSSR count). The van der Waals surface area contributed by atoms with Crippen molar-refractivity contribution in [1.29, 1.82) is 0 Å². The van der Waals surface area contributed by atoms with Crippen LogP contribution in [-0.4, -0.2) is 6.71 Å². The lowest BCUT2D eigenvalue weighted by atomic mass is 9.33. The molecule has 0 spiro atoms. The first-order chi connectivity index (χ1) is 43.7. The van der Waals surface area contributed by atoms with Crippen LogP contribution in [0.3, 0.4) is 0 Å². The molecule has 446 valence electrons. The van der Waals surface area contributed by atoms with Crippen LogP contribution in [0.15, 0.2) is 273 Å². The summed E-state index contributed by atoms with van der Waals surface area (Å²) in [6, 6.07) is 104. The minimum absolute atomic E-state index is 0.0391. The van der Waals surface area contributed by atoms with E-state index in [2.05, 4.69) is 366 Å². The second-order valence-corrected chi connectivity index (χ2v) is 29.4. The molecule has 2 heterocycles. The highest BCUT2D eigenvalue weighted by Crippen LogP contribution is 2.54. The first kappa shape index (κ1) is 59.0. The average Bonchev–Trinajstić information content (AvgIpc) is 0.702. The predicted molar refractivity (Wildman–Crippen MR) is 393 cm³/mol. The lowest BCUT2D eigenvalue weighted by molar-refractivity contribution is 0.570. The van der Waals surface area contributed by atoms with Crippen molar-refractivity contribution >= 4 is 57.2 Å². The van der Waals surface area contributed by atoms with Crippen molar-refractivity contribution in [1.82, 2.24) is 0 Å². The molecular weight excluding hydrogens is 1100 g/mol. The van der Waals surface area contributed by atoms with Crippen molar-refractivity contribution in [3.8, 4) is 77.9 Å². The minimum Gasteiger partial charge on any atom is -0.310 e. The molecule has 0 saturated heterocycles. The quantitative estimate of drug-likeness (QED) is 0.133. The maximum Gasteiger partial charge on any atom is 0.252 e. The number of hydrogen-bond acceptors (Lipinski definition) is 2. The number of anilines is 6. The van der Waals surface area contributed by atoms with E-state index < -0.39 is 0 Å². The minimum atomic E-state index is -0.216. The molecular formula is C88H81BN2. The highest BCUT2D eigenvalue weighted by atomic mass is 15.2. The van der Waals surface area contributed by atoms with Gasteiger partial charge in [-0.05, 0) is 140 Å². The largest absolute Gasteiger partial charge is 0.310 e. The van der Waals surface area contributed by atoms with E-state index in [-0.39, 0.29) is 28.4 Å². The first-order valence-corrected chi connectivity index (χ1v) is 32.6. The summed E-state index contributed by atoms with van der Waals surface area (Å²) < 4.78 is 0. The van der Waals surface area contributed by atoms with Crippen LogP contribution < -0.4 is 26.2 Å². The number of para-hydroxylation sites is 2. The van der Waals surface area contributed by atoms with E-state index in [4.69, 9.17) is 0 Å². The van der Waals surface area contributed by atoms with Gasteiger partial charge in [-0.3, -0.25) is 0 Å². The van der Waals surface area contributed by atoms with Gasteiger partial charge >= 0.3 is 0 Å². The fourth-order valence-electron chi connectivity index (χ4n) is 14.2. The average molecular weight is 1180 g/mol. The lowest BCUT2D eigenvalue weighted by Gasteiger charge is -2.46. The Hall–Kier alpha value is -9.70. The second kappa shape index (κ2) is 22.7. The summed E-state index contributed by atoms with van der Waals surface area (Å²) in [6.45, 7) is 27.9. The molecule has 2 nitrogen and oxygen atoms in total. The third-order valence-corrected chi connectivity index (χ3v) is 19.1. The van der Waals surface area contributed by atoms with Crippen LogP contribution in [0.1, 0.15) is 105 Å². The normalized spacial score (nSPS) is 13.0. The van der Waals surface area contributed by atoms with E-state index in [1.165, 1.54) is 72.0 Å². The van der Waals surface area contributed by atoms with Gasteiger partial charge in [-0.15, -0.1) is 0 Å². The Kier molecular flexibility index (Phi) is 14.7. The smallest absolute Gasteiger partial charge is 0.252 e. The first-order valence-electron chi connectivity index (χ1n) is 32.6. The van der Waals surface area contributed by atoms with Gasteiger partial charge in [0.1, 0.15) is 0 Å². The van der Waals surface area contributed by atoms with E-state index in [9.17, 15) is 0 Å². The zero-order valence-electron chi connectivity index (χ0n) is 55.0. The maximum atomic E-state index is 2.69. The summed E-state index contributed by atoms with van der Waals surface area (Å²) in [6.07, 6.45) is 0. The Balaban J connectivity index is 1.20. The molecule has 0 aliphatic carbocycles. The number of benzene rings is 12. The van der Waals surface area contributed by atoms with Crippen LogP contribution in [0.2, 0.25) is 0 Å². The van der Waals surface area contributed by atoms with E-state index in [0.29, 0.717) is 0 Å². The van der Waals surface area contributed by atoms with Crippen molar-refractivity contribution in [2.24, 2.45) is 0 Å². The van der Waals surface area contributed by atoms with Gasteiger partial charge in [0.15, 0.2) is 0 Å². The van der Waals surface area contributed by atoms with Gasteiger partial charge < -0.3 is 9.80 Å². The highest BCUT2D eigenvalue weighted by Gasteiger charge is 2.46. The Morgan fingerprint density at radius 3 is 0.912 bits per heavy atom. The molecule has 0 aromatic heterocycles. The number of rotatable bonds is 9. The molecule has 0 fully saturated rings. The van der Waals surface area contributed by atoms with Crippen molar-refractivity contribution in [3.63, 3.8) is 0 Å². The van der Waals surface area contributed by atoms with Gasteiger partial charge in [-0.25, -0.2) is 0 Å². The van der Waals surface area contributed by atoms with E-state index >= 15 is 0 Å². The fraction of sp³-hybridized carbons (Fsp3) is 0.182. The predicted octanol–water partition coefficient (Wildman–Crippen LogP) is 22.6. The number of hydrogen-bond donors (Lipinski definition) is 0. The van der Waals surface area contributed by atoms with Crippen LogP contribution in [0.25, 0.3) is 77.9 Å². The summed E-state index contributed by atoms with van der Waals surface area (Å²) in [5, 5.41) is 0. The molecule has 0 saturated carbocycles. The van der Waals surface area contributed by atoms with Crippen molar-refractivity contribution in [2.45, 2.75) is 105 Å². The molecule has 0 N–H and O–H groups in total. The summed E-state index contributed by atoms with van der Waals surface area (Å²) in [4.78, 5) is 5.38. The molecule has 0 bridgehead atoms. The molecule has 0 atom stereocenters. The summed E-state index contributed by atoms with van der Waals surface area (Å²) in [5.41, 5.74) is 32.1. The fourth-order valence-corrected chi connectivity index (χ4v) is 14.2. The van der Waals surface area contributed by atoms with E-state index in [1.54, 1.807) is 0 Å².